The number of thiophene rings is 2. The minimum absolute atomic E-state index is 0.287. The highest BCUT2D eigenvalue weighted by Crippen LogP contribution is 2.27. The molecule has 6 nitrogen and oxygen atoms in total. The quantitative estimate of drug-likeness (QED) is 0.772. The van der Waals surface area contributed by atoms with Crippen LogP contribution in [0.3, 0.4) is 0 Å². The zero-order chi connectivity index (χ0) is 18.6. The van der Waals surface area contributed by atoms with E-state index in [1.165, 1.54) is 11.3 Å². The van der Waals surface area contributed by atoms with Crippen LogP contribution in [0.2, 0.25) is 0 Å². The molecule has 25 heavy (non-hydrogen) atoms. The Morgan fingerprint density at radius 3 is 2.36 bits per heavy atom. The van der Waals surface area contributed by atoms with Crippen LogP contribution in [0.25, 0.3) is 0 Å². The molecule has 0 radical (unpaired) electrons. The fourth-order valence-corrected chi connectivity index (χ4v) is 4.05. The minimum atomic E-state index is -0.522. The number of ether oxygens (including phenoxy) is 2. The molecule has 0 aliphatic rings. The minimum Gasteiger partial charge on any atom is -0.462 e. The molecule has 2 heterocycles. The van der Waals surface area contributed by atoms with Crippen molar-refractivity contribution in [2.24, 2.45) is 0 Å². The van der Waals surface area contributed by atoms with Crippen molar-refractivity contribution in [1.29, 1.82) is 0 Å². The Morgan fingerprint density at radius 1 is 1.04 bits per heavy atom. The van der Waals surface area contributed by atoms with Crippen LogP contribution in [0, 0.1) is 20.8 Å². The Hall–Kier alpha value is -2.19. The van der Waals surface area contributed by atoms with Crippen molar-refractivity contribution in [3.63, 3.8) is 0 Å². The monoisotopic (exact) mass is 381 g/mol. The van der Waals surface area contributed by atoms with Gasteiger partial charge < -0.3 is 14.8 Å². The van der Waals surface area contributed by atoms with Gasteiger partial charge in [-0.25, -0.2) is 9.59 Å². The molecule has 0 fully saturated rings. The molecule has 2 aromatic rings. The summed E-state index contributed by atoms with van der Waals surface area (Å²) < 4.78 is 10.0. The maximum Gasteiger partial charge on any atom is 0.348 e. The van der Waals surface area contributed by atoms with Gasteiger partial charge in [-0.3, -0.25) is 4.79 Å². The van der Waals surface area contributed by atoms with Crippen LogP contribution in [0.15, 0.2) is 12.1 Å². The zero-order valence-electron chi connectivity index (χ0n) is 14.4. The van der Waals surface area contributed by atoms with Crippen molar-refractivity contribution in [3.05, 3.63) is 37.9 Å². The van der Waals surface area contributed by atoms with Gasteiger partial charge in [-0.05, 0) is 45.4 Å². The van der Waals surface area contributed by atoms with Gasteiger partial charge in [0.2, 0.25) is 0 Å². The van der Waals surface area contributed by atoms with Crippen LogP contribution in [-0.2, 0) is 14.3 Å². The summed E-state index contributed by atoms with van der Waals surface area (Å²) in [5.41, 5.74) is 1.20. The first kappa shape index (κ1) is 19.1. The molecule has 0 atom stereocenters. The summed E-state index contributed by atoms with van der Waals surface area (Å²) in [6.45, 7) is 7.13. The van der Waals surface area contributed by atoms with E-state index in [4.69, 9.17) is 9.47 Å². The van der Waals surface area contributed by atoms with E-state index in [0.29, 0.717) is 15.4 Å². The lowest BCUT2D eigenvalue weighted by molar-refractivity contribution is -0.119. The van der Waals surface area contributed by atoms with Gasteiger partial charge in [-0.15, -0.1) is 22.7 Å². The van der Waals surface area contributed by atoms with Gasteiger partial charge >= 0.3 is 11.9 Å². The van der Waals surface area contributed by atoms with Crippen molar-refractivity contribution in [2.75, 3.05) is 18.5 Å². The summed E-state index contributed by atoms with van der Waals surface area (Å²) in [7, 11) is 0. The van der Waals surface area contributed by atoms with E-state index >= 15 is 0 Å². The van der Waals surface area contributed by atoms with Gasteiger partial charge in [0.15, 0.2) is 6.61 Å². The van der Waals surface area contributed by atoms with E-state index in [1.54, 1.807) is 26.0 Å². The van der Waals surface area contributed by atoms with Crippen LogP contribution in [-0.4, -0.2) is 31.1 Å². The lowest BCUT2D eigenvalue weighted by Crippen LogP contribution is -2.20. The molecule has 0 saturated carbocycles. The first-order valence-corrected chi connectivity index (χ1v) is 9.26. The Kier molecular flexibility index (Phi) is 6.33. The number of carbonyl (C=O) groups excluding carboxylic acids is 3. The number of amides is 1. The molecular formula is C17H19NO5S2. The summed E-state index contributed by atoms with van der Waals surface area (Å²) in [6, 6.07) is 3.43. The topological polar surface area (TPSA) is 81.7 Å². The number of anilines is 1. The second-order valence-electron chi connectivity index (χ2n) is 5.29. The number of carbonyl (C=O) groups is 3. The van der Waals surface area contributed by atoms with E-state index in [1.807, 2.05) is 13.8 Å². The van der Waals surface area contributed by atoms with E-state index in [-0.39, 0.29) is 6.61 Å². The summed E-state index contributed by atoms with van der Waals surface area (Å²) in [4.78, 5) is 38.0. The molecule has 1 N–H and O–H groups in total. The van der Waals surface area contributed by atoms with Gasteiger partial charge in [0, 0.05) is 9.75 Å². The Labute approximate surface area is 153 Å². The van der Waals surface area contributed by atoms with Crippen molar-refractivity contribution >= 4 is 45.5 Å². The zero-order valence-corrected chi connectivity index (χ0v) is 16.1. The molecule has 0 unspecified atom stereocenters. The fraction of sp³-hybridized carbons (Fsp3) is 0.353. The Balaban J connectivity index is 1.92. The van der Waals surface area contributed by atoms with Gasteiger partial charge in [-0.2, -0.15) is 0 Å². The molecule has 0 bridgehead atoms. The lowest BCUT2D eigenvalue weighted by Gasteiger charge is -2.04. The largest absolute Gasteiger partial charge is 0.462 e. The molecule has 0 spiro atoms. The van der Waals surface area contributed by atoms with Crippen LogP contribution < -0.4 is 5.32 Å². The van der Waals surface area contributed by atoms with Crippen LogP contribution >= 0.6 is 22.7 Å². The first-order valence-electron chi connectivity index (χ1n) is 7.63. The third-order valence-electron chi connectivity index (χ3n) is 3.24. The van der Waals surface area contributed by atoms with E-state index < -0.39 is 24.5 Å². The van der Waals surface area contributed by atoms with Crippen molar-refractivity contribution in [3.8, 4) is 0 Å². The van der Waals surface area contributed by atoms with Crippen LogP contribution in [0.4, 0.5) is 5.00 Å². The molecule has 2 aromatic heterocycles. The smallest absolute Gasteiger partial charge is 0.348 e. The van der Waals surface area contributed by atoms with Gasteiger partial charge in [0.05, 0.1) is 17.2 Å². The molecule has 1 amide bonds. The fourth-order valence-electron chi connectivity index (χ4n) is 2.16. The Bertz CT molecular complexity index is 806. The average molecular weight is 381 g/mol. The standard InChI is InChI=1S/C17H19NO5S2/c1-5-22-17(21)15-9(2)6-14(25-15)18-13(19)8-23-16(20)12-7-10(3)24-11(12)4/h6-7H,5,8H2,1-4H3,(H,18,19). The summed E-state index contributed by atoms with van der Waals surface area (Å²) >= 11 is 2.63. The Morgan fingerprint density at radius 2 is 1.76 bits per heavy atom. The summed E-state index contributed by atoms with van der Waals surface area (Å²) in [6.07, 6.45) is 0. The third-order valence-corrected chi connectivity index (χ3v) is 5.33. The average Bonchev–Trinajstić information content (AvgIpc) is 3.07. The normalized spacial score (nSPS) is 10.4. The number of hydrogen-bond acceptors (Lipinski definition) is 7. The van der Waals surface area contributed by atoms with E-state index in [9.17, 15) is 14.4 Å². The number of aryl methyl sites for hydroxylation is 3. The van der Waals surface area contributed by atoms with Crippen LogP contribution in [0.1, 0.15) is 42.3 Å². The highest BCUT2D eigenvalue weighted by molar-refractivity contribution is 7.18. The van der Waals surface area contributed by atoms with Gasteiger partial charge in [0.1, 0.15) is 4.88 Å². The molecule has 0 aliphatic carbocycles. The molecule has 0 saturated heterocycles. The number of hydrogen-bond donors (Lipinski definition) is 1. The predicted molar refractivity (Wildman–Crippen MR) is 97.7 cm³/mol. The van der Waals surface area contributed by atoms with Gasteiger partial charge in [0.25, 0.3) is 5.91 Å². The maximum absolute atomic E-state index is 12.0. The summed E-state index contributed by atoms with van der Waals surface area (Å²) in [5.74, 6) is -1.40. The second-order valence-corrected chi connectivity index (χ2v) is 7.81. The van der Waals surface area contributed by atoms with E-state index in [0.717, 1.165) is 26.7 Å². The highest BCUT2D eigenvalue weighted by atomic mass is 32.1. The second kappa shape index (κ2) is 8.26. The van der Waals surface area contributed by atoms with Crippen molar-refractivity contribution in [2.45, 2.75) is 27.7 Å². The SMILES string of the molecule is CCOC(=O)c1sc(NC(=O)COC(=O)c2cc(C)sc2C)cc1C. The molecular weight excluding hydrogens is 362 g/mol. The predicted octanol–water partition coefficient (Wildman–Crippen LogP) is 3.71. The van der Waals surface area contributed by atoms with Crippen molar-refractivity contribution in [1.82, 2.24) is 0 Å². The number of nitrogens with one attached hydrogen (secondary N) is 1. The maximum atomic E-state index is 12.0. The third kappa shape index (κ3) is 4.90. The molecule has 2 rings (SSSR count). The molecule has 134 valence electrons. The first-order chi connectivity index (χ1) is 11.8. The van der Waals surface area contributed by atoms with Crippen LogP contribution in [0.5, 0.6) is 0 Å². The van der Waals surface area contributed by atoms with E-state index in [2.05, 4.69) is 5.32 Å². The molecule has 0 aliphatic heterocycles. The van der Waals surface area contributed by atoms with Gasteiger partial charge in [-0.1, -0.05) is 0 Å². The highest BCUT2D eigenvalue weighted by Gasteiger charge is 2.18. The number of esters is 2. The van der Waals surface area contributed by atoms with Crippen molar-refractivity contribution < 1.29 is 23.9 Å². The molecule has 8 heteroatoms. The number of rotatable bonds is 6. The molecule has 0 aromatic carbocycles. The summed E-state index contributed by atoms with van der Waals surface area (Å²) in [5, 5.41) is 3.13. The lowest BCUT2D eigenvalue weighted by atomic mass is 10.2.